The molecule has 0 spiro atoms. The highest BCUT2D eigenvalue weighted by Gasteiger charge is 2.28. The summed E-state index contributed by atoms with van der Waals surface area (Å²) in [6.07, 6.45) is 55.1. The molecule has 0 saturated carbocycles. The van der Waals surface area contributed by atoms with Crippen molar-refractivity contribution in [2.24, 2.45) is 0 Å². The molecule has 0 aromatic heterocycles. The minimum Gasteiger partial charge on any atom is -0.462 e. The maximum absolute atomic E-state index is 12.9. The van der Waals surface area contributed by atoms with Gasteiger partial charge >= 0.3 is 25.7 Å². The van der Waals surface area contributed by atoms with Gasteiger partial charge in [0, 0.05) is 19.3 Å². The summed E-state index contributed by atoms with van der Waals surface area (Å²) in [7, 11) is -4.74. The summed E-state index contributed by atoms with van der Waals surface area (Å²) in [6.45, 7) is 4.52. The molecule has 0 aliphatic rings. The maximum atomic E-state index is 12.9. The van der Waals surface area contributed by atoms with Gasteiger partial charge in [0.25, 0.3) is 0 Å². The predicted molar refractivity (Wildman–Crippen MR) is 289 cm³/mol. The van der Waals surface area contributed by atoms with Crippen molar-refractivity contribution in [2.75, 3.05) is 26.4 Å². The van der Waals surface area contributed by atoms with Gasteiger partial charge in [0.15, 0.2) is 6.10 Å². The van der Waals surface area contributed by atoms with Gasteiger partial charge in [-0.15, -0.1) is 0 Å². The second kappa shape index (κ2) is 52.8. The van der Waals surface area contributed by atoms with Gasteiger partial charge in [-0.25, -0.2) is 4.57 Å². The Morgan fingerprint density at radius 1 is 0.414 bits per heavy atom. The van der Waals surface area contributed by atoms with Crippen LogP contribution < -0.4 is 0 Å². The standard InChI is InChI=1S/C58H105O11P/c1-4-7-10-13-16-19-21-23-25-26-27-28-30-32-34-37-40-43-46-49-58(62)69-55(51-65-56(60)47-44-41-38-36-33-31-29-24-22-20-17-14-11-8-5-2)53-67-70(63,64)66-52-54(50-59)68-57(61)48-45-42-39-35-18-15-12-9-6-3/h7,10,16,19,23,25,27-28,54-55,59H,4-6,8-9,11-15,17-18,20-22,24,26,29-53H2,1-3H3,(H,63,64)/b10-7-,19-16-,25-23-,28-27-. The van der Waals surface area contributed by atoms with E-state index in [4.69, 9.17) is 23.3 Å². The Hall–Kier alpha value is -2.56. The van der Waals surface area contributed by atoms with Crippen molar-refractivity contribution in [3.8, 4) is 0 Å². The number of phosphoric acid groups is 1. The topological polar surface area (TPSA) is 155 Å². The molecule has 0 aromatic carbocycles. The first kappa shape index (κ1) is 67.4. The lowest BCUT2D eigenvalue weighted by Crippen LogP contribution is -2.30. The van der Waals surface area contributed by atoms with E-state index in [0.717, 1.165) is 103 Å². The number of unbranched alkanes of at least 4 members (excludes halogenated alkanes) is 28. The molecule has 0 aliphatic heterocycles. The van der Waals surface area contributed by atoms with Crippen LogP contribution >= 0.6 is 7.82 Å². The van der Waals surface area contributed by atoms with Gasteiger partial charge in [-0.3, -0.25) is 23.4 Å². The van der Waals surface area contributed by atoms with Crippen LogP contribution in [0.5, 0.6) is 0 Å². The van der Waals surface area contributed by atoms with Gasteiger partial charge in [0.2, 0.25) is 0 Å². The van der Waals surface area contributed by atoms with E-state index in [1.54, 1.807) is 0 Å². The van der Waals surface area contributed by atoms with Crippen LogP contribution in [0.3, 0.4) is 0 Å². The third-order valence-corrected chi connectivity index (χ3v) is 13.2. The Bertz CT molecular complexity index is 1360. The zero-order chi connectivity index (χ0) is 51.3. The molecule has 0 aromatic rings. The summed E-state index contributed by atoms with van der Waals surface area (Å²) in [4.78, 5) is 48.4. The molecular weight excluding hydrogens is 904 g/mol. The molecule has 0 rings (SSSR count). The van der Waals surface area contributed by atoms with E-state index < -0.39 is 57.8 Å². The van der Waals surface area contributed by atoms with Crippen LogP contribution in [0.4, 0.5) is 0 Å². The summed E-state index contributed by atoms with van der Waals surface area (Å²) in [5, 5.41) is 9.77. The summed E-state index contributed by atoms with van der Waals surface area (Å²) in [6, 6.07) is 0. The fourth-order valence-electron chi connectivity index (χ4n) is 7.94. The number of aliphatic hydroxyl groups excluding tert-OH is 1. The van der Waals surface area contributed by atoms with E-state index in [0.29, 0.717) is 19.3 Å². The lowest BCUT2D eigenvalue weighted by Gasteiger charge is -2.21. The van der Waals surface area contributed by atoms with Crippen LogP contribution in [0.1, 0.15) is 265 Å². The van der Waals surface area contributed by atoms with Gasteiger partial charge in [-0.1, -0.05) is 236 Å². The number of hydrogen-bond donors (Lipinski definition) is 2. The number of esters is 3. The molecule has 0 saturated heterocycles. The number of allylic oxidation sites excluding steroid dienone is 8. The predicted octanol–water partition coefficient (Wildman–Crippen LogP) is 16.6. The highest BCUT2D eigenvalue weighted by Crippen LogP contribution is 2.43. The molecule has 70 heavy (non-hydrogen) atoms. The van der Waals surface area contributed by atoms with Crippen LogP contribution in [-0.2, 0) is 42.2 Å². The second-order valence-electron chi connectivity index (χ2n) is 19.1. The number of carbonyl (C=O) groups is 3. The summed E-state index contributed by atoms with van der Waals surface area (Å²) in [5.74, 6) is -1.47. The molecule has 0 heterocycles. The number of rotatable bonds is 53. The molecule has 0 bridgehead atoms. The Labute approximate surface area is 428 Å². The molecule has 12 heteroatoms. The third-order valence-electron chi connectivity index (χ3n) is 12.3. The van der Waals surface area contributed by atoms with Crippen molar-refractivity contribution in [1.82, 2.24) is 0 Å². The molecule has 3 atom stereocenters. The zero-order valence-corrected chi connectivity index (χ0v) is 45.9. The number of hydrogen-bond acceptors (Lipinski definition) is 10. The fraction of sp³-hybridized carbons (Fsp3) is 0.810. The van der Waals surface area contributed by atoms with Crippen LogP contribution in [-0.4, -0.2) is 66.5 Å². The lowest BCUT2D eigenvalue weighted by molar-refractivity contribution is -0.161. The van der Waals surface area contributed by atoms with Crippen molar-refractivity contribution < 1.29 is 52.2 Å². The van der Waals surface area contributed by atoms with E-state index >= 15 is 0 Å². The second-order valence-corrected chi connectivity index (χ2v) is 20.5. The molecule has 0 fully saturated rings. The van der Waals surface area contributed by atoms with Crippen molar-refractivity contribution >= 4 is 25.7 Å². The molecule has 408 valence electrons. The fourth-order valence-corrected chi connectivity index (χ4v) is 8.72. The summed E-state index contributed by atoms with van der Waals surface area (Å²) < 4.78 is 39.4. The molecule has 0 amide bonds. The van der Waals surface area contributed by atoms with Crippen LogP contribution in [0.25, 0.3) is 0 Å². The van der Waals surface area contributed by atoms with Crippen molar-refractivity contribution in [3.63, 3.8) is 0 Å². The molecule has 0 radical (unpaired) electrons. The van der Waals surface area contributed by atoms with E-state index in [2.05, 4.69) is 69.4 Å². The van der Waals surface area contributed by atoms with Crippen molar-refractivity contribution in [3.05, 3.63) is 48.6 Å². The molecule has 3 unspecified atom stereocenters. The first-order valence-corrected chi connectivity index (χ1v) is 30.0. The lowest BCUT2D eigenvalue weighted by atomic mass is 10.0. The largest absolute Gasteiger partial charge is 0.472 e. The molecule has 2 N–H and O–H groups in total. The Morgan fingerprint density at radius 3 is 1.14 bits per heavy atom. The summed E-state index contributed by atoms with van der Waals surface area (Å²) >= 11 is 0. The Morgan fingerprint density at radius 2 is 0.743 bits per heavy atom. The normalized spacial score (nSPS) is 13.7. The Balaban J connectivity index is 4.72. The van der Waals surface area contributed by atoms with E-state index in [1.165, 1.54) is 103 Å². The third kappa shape index (κ3) is 50.4. The number of ether oxygens (including phenoxy) is 3. The average molecular weight is 1010 g/mol. The van der Waals surface area contributed by atoms with E-state index in [-0.39, 0.29) is 25.9 Å². The smallest absolute Gasteiger partial charge is 0.462 e. The van der Waals surface area contributed by atoms with Gasteiger partial charge < -0.3 is 24.2 Å². The van der Waals surface area contributed by atoms with Gasteiger partial charge in [0.05, 0.1) is 19.8 Å². The van der Waals surface area contributed by atoms with E-state index in [1.807, 2.05) is 0 Å². The quantitative estimate of drug-likeness (QED) is 0.0197. The van der Waals surface area contributed by atoms with Crippen LogP contribution in [0.2, 0.25) is 0 Å². The van der Waals surface area contributed by atoms with Gasteiger partial charge in [0.1, 0.15) is 12.7 Å². The SMILES string of the molecule is CC/C=C\C/C=C\C/C=C\C/C=C\CCCCCCCCC(=O)OC(COC(=O)CCCCCCCCCCCCCCCCC)COP(=O)(O)OCC(CO)OC(=O)CCCCCCCCCCC. The van der Waals surface area contributed by atoms with Crippen LogP contribution in [0, 0.1) is 0 Å². The Kier molecular flexibility index (Phi) is 50.8. The molecule has 11 nitrogen and oxygen atoms in total. The van der Waals surface area contributed by atoms with Crippen molar-refractivity contribution in [1.29, 1.82) is 0 Å². The first-order chi connectivity index (χ1) is 34.2. The first-order valence-electron chi connectivity index (χ1n) is 28.5. The van der Waals surface area contributed by atoms with E-state index in [9.17, 15) is 28.9 Å². The maximum Gasteiger partial charge on any atom is 0.472 e. The molecule has 0 aliphatic carbocycles. The van der Waals surface area contributed by atoms with Crippen LogP contribution in [0.15, 0.2) is 48.6 Å². The summed E-state index contributed by atoms with van der Waals surface area (Å²) in [5.41, 5.74) is 0. The highest BCUT2D eigenvalue weighted by molar-refractivity contribution is 7.47. The van der Waals surface area contributed by atoms with Gasteiger partial charge in [-0.2, -0.15) is 0 Å². The highest BCUT2D eigenvalue weighted by atomic mass is 31.2. The number of phosphoric ester groups is 1. The minimum absolute atomic E-state index is 0.154. The monoisotopic (exact) mass is 1010 g/mol. The average Bonchev–Trinajstić information content (AvgIpc) is 3.35. The van der Waals surface area contributed by atoms with Crippen molar-refractivity contribution in [2.45, 2.75) is 277 Å². The minimum atomic E-state index is -4.74. The van der Waals surface area contributed by atoms with Gasteiger partial charge in [-0.05, 0) is 57.8 Å². The number of carbonyl (C=O) groups excluding carboxylic acids is 3. The molecular formula is C58H105O11P. The number of aliphatic hydroxyl groups is 1. The zero-order valence-electron chi connectivity index (χ0n) is 45.0.